The third-order valence-corrected chi connectivity index (χ3v) is 2.91. The predicted molar refractivity (Wildman–Crippen MR) is 64.1 cm³/mol. The normalized spacial score (nSPS) is 18.6. The van der Waals surface area contributed by atoms with E-state index in [1.54, 1.807) is 14.1 Å². The van der Waals surface area contributed by atoms with Gasteiger partial charge in [-0.2, -0.15) is 0 Å². The number of aliphatic carboxylic acids is 1. The highest BCUT2D eigenvalue weighted by atomic mass is 16.4. The first kappa shape index (κ1) is 14.3. The zero-order valence-electron chi connectivity index (χ0n) is 10.7. The van der Waals surface area contributed by atoms with Crippen molar-refractivity contribution in [1.29, 1.82) is 0 Å². The van der Waals surface area contributed by atoms with Crippen molar-refractivity contribution in [1.82, 2.24) is 15.1 Å². The number of nitrogens with one attached hydrogen (secondary N) is 1. The van der Waals surface area contributed by atoms with Crippen molar-refractivity contribution < 1.29 is 19.5 Å². The third kappa shape index (κ3) is 3.61. The number of nitrogens with zero attached hydrogens (tertiary/aromatic N) is 2. The zero-order valence-corrected chi connectivity index (χ0v) is 10.7. The van der Waals surface area contributed by atoms with Gasteiger partial charge in [-0.15, -0.1) is 0 Å². The molecular formula is C11H19N3O4. The summed E-state index contributed by atoms with van der Waals surface area (Å²) >= 11 is 0. The van der Waals surface area contributed by atoms with Crippen molar-refractivity contribution in [2.24, 2.45) is 0 Å². The van der Waals surface area contributed by atoms with Gasteiger partial charge < -0.3 is 20.2 Å². The smallest absolute Gasteiger partial charge is 0.326 e. The van der Waals surface area contributed by atoms with Crippen LogP contribution in [0.3, 0.4) is 0 Å². The summed E-state index contributed by atoms with van der Waals surface area (Å²) < 4.78 is 0. The van der Waals surface area contributed by atoms with Crippen LogP contribution in [-0.2, 0) is 9.59 Å². The van der Waals surface area contributed by atoms with Gasteiger partial charge in [-0.1, -0.05) is 0 Å². The lowest BCUT2D eigenvalue weighted by molar-refractivity contribution is -0.141. The number of carboxylic acid groups (broad SMARTS) is 1. The van der Waals surface area contributed by atoms with Gasteiger partial charge in [0.05, 0.1) is 0 Å². The molecule has 7 nitrogen and oxygen atoms in total. The summed E-state index contributed by atoms with van der Waals surface area (Å²) in [5, 5.41) is 11.5. The fourth-order valence-corrected chi connectivity index (χ4v) is 1.87. The Labute approximate surface area is 106 Å². The molecule has 1 heterocycles. The molecule has 0 aromatic heterocycles. The molecule has 0 aromatic carbocycles. The van der Waals surface area contributed by atoms with E-state index in [4.69, 9.17) is 5.11 Å². The number of rotatable bonds is 4. The largest absolute Gasteiger partial charge is 0.480 e. The van der Waals surface area contributed by atoms with E-state index in [2.05, 4.69) is 5.32 Å². The molecule has 0 bridgehead atoms. The van der Waals surface area contributed by atoms with Crippen LogP contribution in [0, 0.1) is 0 Å². The molecule has 0 spiro atoms. The van der Waals surface area contributed by atoms with E-state index in [1.165, 1.54) is 9.80 Å². The Morgan fingerprint density at radius 1 is 1.39 bits per heavy atom. The van der Waals surface area contributed by atoms with Crippen LogP contribution in [0.25, 0.3) is 0 Å². The van der Waals surface area contributed by atoms with Crippen molar-refractivity contribution in [3.05, 3.63) is 0 Å². The summed E-state index contributed by atoms with van der Waals surface area (Å²) in [5.74, 6) is -1.06. The first-order valence-electron chi connectivity index (χ1n) is 5.91. The highest BCUT2D eigenvalue weighted by Crippen LogP contribution is 2.17. The molecule has 7 heteroatoms. The highest BCUT2D eigenvalue weighted by Gasteiger charge is 2.33. The number of carbonyl (C=O) groups excluding carboxylic acids is 2. The average Bonchev–Trinajstić information content (AvgIpc) is 2.77. The van der Waals surface area contributed by atoms with Gasteiger partial charge in [0.2, 0.25) is 5.91 Å². The summed E-state index contributed by atoms with van der Waals surface area (Å²) in [6.07, 6.45) is 1.39. The third-order valence-electron chi connectivity index (χ3n) is 2.91. The Hall–Kier alpha value is -1.79. The lowest BCUT2D eigenvalue weighted by Gasteiger charge is -2.21. The fraction of sp³-hybridized carbons (Fsp3) is 0.727. The van der Waals surface area contributed by atoms with Gasteiger partial charge in [-0.05, 0) is 12.8 Å². The van der Waals surface area contributed by atoms with E-state index in [-0.39, 0.29) is 18.9 Å². The van der Waals surface area contributed by atoms with E-state index < -0.39 is 18.0 Å². The van der Waals surface area contributed by atoms with Crippen LogP contribution in [0.2, 0.25) is 0 Å². The monoisotopic (exact) mass is 257 g/mol. The molecule has 0 aliphatic carbocycles. The minimum absolute atomic E-state index is 0.0773. The molecule has 2 N–H and O–H groups in total. The average molecular weight is 257 g/mol. The van der Waals surface area contributed by atoms with Crippen molar-refractivity contribution in [3.63, 3.8) is 0 Å². The second-order valence-corrected chi connectivity index (χ2v) is 4.46. The minimum Gasteiger partial charge on any atom is -0.480 e. The SMILES string of the molecule is CN(C)C(=O)CCNC(=O)N1CCC[C@@H]1C(=O)O. The molecule has 18 heavy (non-hydrogen) atoms. The van der Waals surface area contributed by atoms with Gasteiger partial charge in [0.25, 0.3) is 0 Å². The number of hydrogen-bond acceptors (Lipinski definition) is 3. The Balaban J connectivity index is 2.37. The summed E-state index contributed by atoms with van der Waals surface area (Å²) in [6, 6.07) is -1.15. The van der Waals surface area contributed by atoms with Crippen molar-refractivity contribution in [3.8, 4) is 0 Å². The molecule has 0 aromatic rings. The quantitative estimate of drug-likeness (QED) is 0.725. The Morgan fingerprint density at radius 3 is 2.61 bits per heavy atom. The van der Waals surface area contributed by atoms with E-state index in [0.29, 0.717) is 19.4 Å². The maximum atomic E-state index is 11.7. The van der Waals surface area contributed by atoms with E-state index >= 15 is 0 Å². The molecule has 102 valence electrons. The molecule has 1 aliphatic rings. The van der Waals surface area contributed by atoms with Crippen LogP contribution < -0.4 is 5.32 Å². The van der Waals surface area contributed by atoms with Crippen molar-refractivity contribution in [2.45, 2.75) is 25.3 Å². The number of likely N-dealkylation sites (tertiary alicyclic amines) is 1. The van der Waals surface area contributed by atoms with E-state index in [9.17, 15) is 14.4 Å². The van der Waals surface area contributed by atoms with Crippen LogP contribution in [0.15, 0.2) is 0 Å². The molecule has 1 saturated heterocycles. The van der Waals surface area contributed by atoms with Crippen molar-refractivity contribution >= 4 is 17.9 Å². The van der Waals surface area contributed by atoms with Gasteiger partial charge in [0.15, 0.2) is 0 Å². The van der Waals surface area contributed by atoms with Crippen LogP contribution in [0.4, 0.5) is 4.79 Å². The van der Waals surface area contributed by atoms with Gasteiger partial charge in [-0.25, -0.2) is 9.59 Å². The second kappa shape index (κ2) is 6.23. The first-order chi connectivity index (χ1) is 8.43. The van der Waals surface area contributed by atoms with E-state index in [1.807, 2.05) is 0 Å². The fourth-order valence-electron chi connectivity index (χ4n) is 1.87. The topological polar surface area (TPSA) is 90.0 Å². The van der Waals surface area contributed by atoms with Crippen LogP contribution in [0.1, 0.15) is 19.3 Å². The maximum absolute atomic E-state index is 11.7. The standard InChI is InChI=1S/C11H19N3O4/c1-13(2)9(15)5-6-12-11(18)14-7-3-4-8(14)10(16)17/h8H,3-7H2,1-2H3,(H,12,18)(H,16,17)/t8-/m1/s1. The molecule has 3 amide bonds. The predicted octanol–water partition coefficient (Wildman–Crippen LogP) is -0.277. The lowest BCUT2D eigenvalue weighted by Crippen LogP contribution is -2.46. The molecule has 1 aliphatic heterocycles. The van der Waals surface area contributed by atoms with E-state index in [0.717, 1.165) is 0 Å². The second-order valence-electron chi connectivity index (χ2n) is 4.46. The number of amides is 3. The number of urea groups is 1. The number of hydrogen-bond donors (Lipinski definition) is 2. The van der Waals surface area contributed by atoms with Crippen LogP contribution in [0.5, 0.6) is 0 Å². The Bertz CT molecular complexity index is 343. The van der Waals surface area contributed by atoms with Gasteiger partial charge in [0, 0.05) is 33.6 Å². The van der Waals surface area contributed by atoms with Crippen molar-refractivity contribution in [2.75, 3.05) is 27.2 Å². The summed E-state index contributed by atoms with van der Waals surface area (Å²) in [7, 11) is 3.29. The maximum Gasteiger partial charge on any atom is 0.326 e. The molecular weight excluding hydrogens is 238 g/mol. The summed E-state index contributed by atoms with van der Waals surface area (Å²) in [4.78, 5) is 36.7. The summed E-state index contributed by atoms with van der Waals surface area (Å²) in [5.41, 5.74) is 0. The Kier molecular flexibility index (Phi) is 4.94. The lowest BCUT2D eigenvalue weighted by atomic mass is 10.2. The molecule has 0 saturated carbocycles. The molecule has 0 unspecified atom stereocenters. The first-order valence-corrected chi connectivity index (χ1v) is 5.91. The molecule has 1 atom stereocenters. The zero-order chi connectivity index (χ0) is 13.7. The number of carbonyl (C=O) groups is 3. The summed E-state index contributed by atoms with van der Waals surface area (Å²) in [6.45, 7) is 0.670. The van der Waals surface area contributed by atoms with Crippen LogP contribution in [-0.4, -0.2) is 66.0 Å². The molecule has 1 fully saturated rings. The highest BCUT2D eigenvalue weighted by molar-refractivity contribution is 5.83. The number of carboxylic acids is 1. The Morgan fingerprint density at radius 2 is 2.06 bits per heavy atom. The van der Waals surface area contributed by atoms with Gasteiger partial charge in [0.1, 0.15) is 6.04 Å². The van der Waals surface area contributed by atoms with Gasteiger partial charge >= 0.3 is 12.0 Å². The van der Waals surface area contributed by atoms with Crippen LogP contribution >= 0.6 is 0 Å². The molecule has 0 radical (unpaired) electrons. The molecule has 1 rings (SSSR count). The van der Waals surface area contributed by atoms with Gasteiger partial charge in [-0.3, -0.25) is 4.79 Å². The minimum atomic E-state index is -0.980.